The molecule has 3 amide bonds. The summed E-state index contributed by atoms with van der Waals surface area (Å²) in [6.07, 6.45) is 1.69. The first-order valence-electron chi connectivity index (χ1n) is 9.94. The monoisotopic (exact) mass is 408 g/mol. The lowest BCUT2D eigenvalue weighted by molar-refractivity contribution is -0.122. The summed E-state index contributed by atoms with van der Waals surface area (Å²) in [5, 5.41) is 8.53. The molecule has 1 aromatic heterocycles. The van der Waals surface area contributed by atoms with E-state index in [1.807, 2.05) is 26.0 Å². The van der Waals surface area contributed by atoms with Crippen molar-refractivity contribution in [2.75, 3.05) is 31.6 Å². The van der Waals surface area contributed by atoms with Gasteiger partial charge in [0.25, 0.3) is 11.8 Å². The molecule has 1 atom stereocenters. The largest absolute Gasteiger partial charge is 0.378 e. The summed E-state index contributed by atoms with van der Waals surface area (Å²) in [5.74, 6) is -0.978. The van der Waals surface area contributed by atoms with E-state index in [4.69, 9.17) is 4.74 Å². The molecule has 156 valence electrons. The molecular weight excluding hydrogens is 384 g/mol. The lowest BCUT2D eigenvalue weighted by Gasteiger charge is -2.14. The number of fused-ring (bicyclic) bond motifs is 2. The number of carbonyl (C=O) groups excluding carboxylic acids is 3. The fourth-order valence-electron chi connectivity index (χ4n) is 3.66. The van der Waals surface area contributed by atoms with Crippen molar-refractivity contribution >= 4 is 35.1 Å². The molecule has 2 aliphatic rings. The van der Waals surface area contributed by atoms with Gasteiger partial charge in [0.1, 0.15) is 0 Å². The van der Waals surface area contributed by atoms with E-state index in [1.54, 1.807) is 18.2 Å². The molecule has 2 aliphatic heterocycles. The van der Waals surface area contributed by atoms with E-state index in [9.17, 15) is 14.4 Å². The van der Waals surface area contributed by atoms with Crippen LogP contribution >= 0.6 is 0 Å². The normalized spacial score (nSPS) is 21.6. The first kappa shape index (κ1) is 19.9. The summed E-state index contributed by atoms with van der Waals surface area (Å²) in [7, 11) is 0. The number of rotatable bonds is 0. The minimum Gasteiger partial charge on any atom is -0.378 e. The third-order valence-corrected chi connectivity index (χ3v) is 5.31. The first-order chi connectivity index (χ1) is 14.4. The highest BCUT2D eigenvalue weighted by Gasteiger charge is 2.27. The summed E-state index contributed by atoms with van der Waals surface area (Å²) in [4.78, 5) is 40.9. The van der Waals surface area contributed by atoms with Gasteiger partial charge in [-0.1, -0.05) is 6.07 Å². The second kappa shape index (κ2) is 8.16. The molecule has 0 fully saturated rings. The number of anilines is 1. The number of ether oxygens (including phenoxy) is 1. The lowest BCUT2D eigenvalue weighted by atomic mass is 9.95. The van der Waals surface area contributed by atoms with Crippen molar-refractivity contribution in [2.24, 2.45) is 0 Å². The molecule has 0 radical (unpaired) electrons. The van der Waals surface area contributed by atoms with Gasteiger partial charge in [0.15, 0.2) is 0 Å². The summed E-state index contributed by atoms with van der Waals surface area (Å²) < 4.78 is 5.48. The number of aromatic nitrogens is 1. The van der Waals surface area contributed by atoms with Crippen molar-refractivity contribution < 1.29 is 19.1 Å². The highest BCUT2D eigenvalue weighted by atomic mass is 16.5. The van der Waals surface area contributed by atoms with Gasteiger partial charge >= 0.3 is 0 Å². The average Bonchev–Trinajstić information content (AvgIpc) is 3.24. The molecule has 0 aliphatic carbocycles. The van der Waals surface area contributed by atoms with Gasteiger partial charge in [-0.05, 0) is 43.7 Å². The molecule has 0 saturated heterocycles. The molecule has 8 nitrogen and oxygen atoms in total. The molecule has 2 bridgehead atoms. The Morgan fingerprint density at radius 2 is 1.73 bits per heavy atom. The number of carbonyl (C=O) groups is 3. The van der Waals surface area contributed by atoms with Crippen LogP contribution in [0.15, 0.2) is 24.3 Å². The van der Waals surface area contributed by atoms with E-state index >= 15 is 0 Å². The molecule has 4 N–H and O–H groups in total. The first-order valence-corrected chi connectivity index (χ1v) is 9.94. The molecule has 8 heteroatoms. The fraction of sp³-hybridized carbons (Fsp3) is 0.318. The molecule has 0 unspecified atom stereocenters. The van der Waals surface area contributed by atoms with Crippen LogP contribution in [0.5, 0.6) is 0 Å². The van der Waals surface area contributed by atoms with Gasteiger partial charge in [-0.15, -0.1) is 0 Å². The maximum absolute atomic E-state index is 12.6. The van der Waals surface area contributed by atoms with E-state index in [0.717, 1.165) is 11.3 Å². The van der Waals surface area contributed by atoms with Crippen LogP contribution in [0.25, 0.3) is 11.6 Å². The Labute approximate surface area is 174 Å². The van der Waals surface area contributed by atoms with Crippen LogP contribution in [-0.2, 0) is 14.3 Å². The van der Waals surface area contributed by atoms with Crippen LogP contribution in [0.3, 0.4) is 0 Å². The van der Waals surface area contributed by atoms with Gasteiger partial charge < -0.3 is 25.7 Å². The summed E-state index contributed by atoms with van der Waals surface area (Å²) in [6, 6.07) is 7.26. The zero-order valence-electron chi connectivity index (χ0n) is 16.9. The molecule has 0 saturated carbocycles. The number of aryl methyl sites for hydroxylation is 1. The van der Waals surface area contributed by atoms with E-state index in [2.05, 4.69) is 20.9 Å². The predicted molar refractivity (Wildman–Crippen MR) is 113 cm³/mol. The maximum Gasteiger partial charge on any atom is 0.256 e. The fourth-order valence-corrected chi connectivity index (χ4v) is 3.66. The van der Waals surface area contributed by atoms with E-state index in [0.29, 0.717) is 54.4 Å². The highest BCUT2D eigenvalue weighted by Crippen LogP contribution is 2.35. The van der Waals surface area contributed by atoms with Crippen LogP contribution in [0.4, 0.5) is 5.69 Å². The van der Waals surface area contributed by atoms with Gasteiger partial charge in [-0.2, -0.15) is 0 Å². The van der Waals surface area contributed by atoms with Crippen molar-refractivity contribution in [3.8, 4) is 0 Å². The van der Waals surface area contributed by atoms with Crippen LogP contribution in [0.2, 0.25) is 0 Å². The Balaban J connectivity index is 1.79. The molecule has 4 rings (SSSR count). The Bertz CT molecular complexity index is 1050. The quantitative estimate of drug-likeness (QED) is 0.532. The minimum absolute atomic E-state index is 0.110. The Kier molecular flexibility index (Phi) is 5.41. The third kappa shape index (κ3) is 3.86. The Morgan fingerprint density at radius 1 is 0.967 bits per heavy atom. The third-order valence-electron chi connectivity index (χ3n) is 5.31. The van der Waals surface area contributed by atoms with Crippen LogP contribution in [0.1, 0.15) is 45.7 Å². The van der Waals surface area contributed by atoms with Gasteiger partial charge in [0.05, 0.1) is 36.0 Å². The number of hydrogen-bond acceptors (Lipinski definition) is 4. The summed E-state index contributed by atoms with van der Waals surface area (Å²) >= 11 is 0. The smallest absolute Gasteiger partial charge is 0.256 e. The molecule has 1 aromatic carbocycles. The molecule has 30 heavy (non-hydrogen) atoms. The van der Waals surface area contributed by atoms with Crippen molar-refractivity contribution in [3.63, 3.8) is 0 Å². The zero-order valence-corrected chi connectivity index (χ0v) is 16.9. The number of H-pyrrole nitrogens is 1. The Morgan fingerprint density at radius 3 is 2.53 bits per heavy atom. The SMILES string of the molecule is Cc1cc2c([nH]1)/C=C1\C(=O)Nc3ccc(cc31)[C@@H](C)C(=O)NCCOCCNC2=O. The van der Waals surface area contributed by atoms with E-state index in [-0.39, 0.29) is 23.6 Å². The van der Waals surface area contributed by atoms with Crippen molar-refractivity contribution in [2.45, 2.75) is 19.8 Å². The number of nitrogens with one attached hydrogen (secondary N) is 4. The summed E-state index contributed by atoms with van der Waals surface area (Å²) in [5.41, 5.74) is 4.49. The molecule has 0 spiro atoms. The number of hydrogen-bond donors (Lipinski definition) is 4. The second-order valence-corrected chi connectivity index (χ2v) is 7.48. The predicted octanol–water partition coefficient (Wildman–Crippen LogP) is 1.80. The summed E-state index contributed by atoms with van der Waals surface area (Å²) in [6.45, 7) is 5.10. The highest BCUT2D eigenvalue weighted by molar-refractivity contribution is 6.35. The van der Waals surface area contributed by atoms with E-state index in [1.165, 1.54) is 0 Å². The van der Waals surface area contributed by atoms with Crippen molar-refractivity contribution in [1.82, 2.24) is 15.6 Å². The van der Waals surface area contributed by atoms with Crippen LogP contribution < -0.4 is 16.0 Å². The minimum atomic E-state index is -0.380. The maximum atomic E-state index is 12.6. The average molecular weight is 408 g/mol. The van der Waals surface area contributed by atoms with Crippen molar-refractivity contribution in [1.29, 1.82) is 0 Å². The van der Waals surface area contributed by atoms with Gasteiger partial charge in [-0.3, -0.25) is 14.4 Å². The van der Waals surface area contributed by atoms with Crippen LogP contribution in [0, 0.1) is 6.92 Å². The van der Waals surface area contributed by atoms with Gasteiger partial charge in [0, 0.05) is 30.0 Å². The molecule has 3 heterocycles. The topological polar surface area (TPSA) is 112 Å². The van der Waals surface area contributed by atoms with Gasteiger partial charge in [0.2, 0.25) is 5.91 Å². The van der Waals surface area contributed by atoms with Crippen LogP contribution in [-0.4, -0.2) is 49.0 Å². The number of aromatic amines is 1. The van der Waals surface area contributed by atoms with Gasteiger partial charge in [-0.25, -0.2) is 0 Å². The standard InChI is InChI=1S/C22H24N4O4/c1-12-9-17-19(25-12)11-16-15-10-14(3-4-18(15)26-22(16)29)13(2)20(27)23-5-7-30-8-6-24-21(17)28/h3-4,9-11,13,25H,5-8H2,1-2H3,(H,23,27)(H,24,28)(H,26,29)/b16-11-/t13-/m1/s1. The second-order valence-electron chi connectivity index (χ2n) is 7.48. The van der Waals surface area contributed by atoms with E-state index < -0.39 is 0 Å². The Hall–Kier alpha value is -3.39. The van der Waals surface area contributed by atoms with Crippen molar-refractivity contribution in [3.05, 3.63) is 52.3 Å². The molecule has 2 aromatic rings. The number of benzene rings is 1. The zero-order chi connectivity index (χ0) is 21.3. The lowest BCUT2D eigenvalue weighted by Crippen LogP contribution is -2.32. The number of amides is 3. The molecular formula is C22H24N4O4.